The van der Waals surface area contributed by atoms with Crippen LogP contribution in [0.15, 0.2) is 71.6 Å². The maximum absolute atomic E-state index is 5.37. The second-order valence-corrected chi connectivity index (χ2v) is 5.09. The topological polar surface area (TPSA) is 63.8 Å². The van der Waals surface area contributed by atoms with Crippen molar-refractivity contribution in [2.45, 2.75) is 6.54 Å². The minimum atomic E-state index is 0. The molecule has 5 nitrogen and oxygen atoms in total. The lowest BCUT2D eigenvalue weighted by Crippen LogP contribution is -2.03. The number of nitrogens with one attached hydrogen (secondary N) is 1. The Bertz CT molecular complexity index is 930. The quantitative estimate of drug-likeness (QED) is 0.558. The fourth-order valence-corrected chi connectivity index (χ4v) is 2.42. The number of halogens is 2. The van der Waals surface area contributed by atoms with Gasteiger partial charge in [-0.2, -0.15) is 0 Å². The molecule has 0 bridgehead atoms. The maximum Gasteiger partial charge on any atom is 0.163 e. The molecule has 0 unspecified atom stereocenters. The molecule has 0 aliphatic rings. The predicted molar refractivity (Wildman–Crippen MR) is 103 cm³/mol. The van der Waals surface area contributed by atoms with Gasteiger partial charge in [0.2, 0.25) is 0 Å². The van der Waals surface area contributed by atoms with Gasteiger partial charge in [-0.15, -0.1) is 24.8 Å². The molecule has 0 saturated heterocycles. The Kier molecular flexibility index (Phi) is 6.33. The minimum absolute atomic E-state index is 0. The lowest BCUT2D eigenvalue weighted by Gasteiger charge is -2.10. The normalized spacial score (nSPS) is 9.92. The summed E-state index contributed by atoms with van der Waals surface area (Å²) in [5.41, 5.74) is 1.78. The third-order valence-corrected chi connectivity index (χ3v) is 3.53. The smallest absolute Gasteiger partial charge is 0.163 e. The Morgan fingerprint density at radius 2 is 1.80 bits per heavy atom. The van der Waals surface area contributed by atoms with Crippen LogP contribution >= 0.6 is 24.8 Å². The summed E-state index contributed by atoms with van der Waals surface area (Å²) in [4.78, 5) is 13.4. The summed E-state index contributed by atoms with van der Waals surface area (Å²) in [6.45, 7) is 0.570. The van der Waals surface area contributed by atoms with Crippen molar-refractivity contribution in [3.63, 3.8) is 0 Å². The monoisotopic (exact) mass is 374 g/mol. The Hall–Kier alpha value is -2.63. The van der Waals surface area contributed by atoms with E-state index in [4.69, 9.17) is 4.42 Å². The van der Waals surface area contributed by atoms with E-state index in [0.717, 1.165) is 28.0 Å². The molecule has 0 amide bonds. The summed E-state index contributed by atoms with van der Waals surface area (Å²) in [6, 6.07) is 15.6. The molecule has 25 heavy (non-hydrogen) atoms. The average molecular weight is 375 g/mol. The molecule has 1 N–H and O–H groups in total. The minimum Gasteiger partial charge on any atom is -0.467 e. The van der Waals surface area contributed by atoms with Gasteiger partial charge in [0.25, 0.3) is 0 Å². The SMILES string of the molecule is Cl.Cl.c1cncc(-c2nc(NCc3ccco3)c3ccccc3n2)c1. The zero-order chi connectivity index (χ0) is 15.5. The zero-order valence-corrected chi connectivity index (χ0v) is 14.8. The zero-order valence-electron chi connectivity index (χ0n) is 13.1. The number of fused-ring (bicyclic) bond motifs is 1. The molecule has 0 atom stereocenters. The predicted octanol–water partition coefficient (Wildman–Crippen LogP) is 4.74. The van der Waals surface area contributed by atoms with E-state index in [1.54, 1.807) is 18.7 Å². The Morgan fingerprint density at radius 3 is 2.56 bits per heavy atom. The summed E-state index contributed by atoms with van der Waals surface area (Å²) in [5.74, 6) is 2.29. The lowest BCUT2D eigenvalue weighted by molar-refractivity contribution is 0.518. The molecule has 0 fully saturated rings. The number of rotatable bonds is 4. The molecule has 0 aliphatic heterocycles. The standard InChI is InChI=1S/C18H14N4O.2ClH/c1-2-8-16-15(7-1)18(20-12-14-6-4-10-23-14)22-17(21-16)13-5-3-9-19-11-13;;/h1-11H,12H2,(H,20,21,22);2*1H. The van der Waals surface area contributed by atoms with Gasteiger partial charge in [0.1, 0.15) is 11.6 Å². The van der Waals surface area contributed by atoms with Crippen molar-refractivity contribution in [1.82, 2.24) is 15.0 Å². The number of pyridine rings is 1. The number of nitrogens with zero attached hydrogens (tertiary/aromatic N) is 3. The average Bonchev–Trinajstić information content (AvgIpc) is 3.14. The van der Waals surface area contributed by atoms with Gasteiger partial charge in [-0.3, -0.25) is 4.98 Å². The van der Waals surface area contributed by atoms with Crippen molar-refractivity contribution in [2.75, 3.05) is 5.32 Å². The van der Waals surface area contributed by atoms with Crippen LogP contribution in [0.5, 0.6) is 0 Å². The van der Waals surface area contributed by atoms with Crippen LogP contribution in [0.25, 0.3) is 22.3 Å². The molecule has 7 heteroatoms. The van der Waals surface area contributed by atoms with Crippen molar-refractivity contribution < 1.29 is 4.42 Å². The van der Waals surface area contributed by atoms with Crippen LogP contribution in [-0.2, 0) is 6.54 Å². The fourth-order valence-electron chi connectivity index (χ4n) is 2.42. The number of aromatic nitrogens is 3. The third-order valence-electron chi connectivity index (χ3n) is 3.53. The molecule has 3 heterocycles. The highest BCUT2D eigenvalue weighted by atomic mass is 35.5. The molecular weight excluding hydrogens is 359 g/mol. The number of furan rings is 1. The number of anilines is 1. The van der Waals surface area contributed by atoms with Crippen molar-refractivity contribution in [3.8, 4) is 11.4 Å². The van der Waals surface area contributed by atoms with Crippen LogP contribution in [0.3, 0.4) is 0 Å². The van der Waals surface area contributed by atoms with Gasteiger partial charge in [-0.1, -0.05) is 12.1 Å². The van der Waals surface area contributed by atoms with Gasteiger partial charge in [0.15, 0.2) is 5.82 Å². The second-order valence-electron chi connectivity index (χ2n) is 5.09. The van der Waals surface area contributed by atoms with Crippen LogP contribution in [0, 0.1) is 0 Å². The highest BCUT2D eigenvalue weighted by molar-refractivity contribution is 5.90. The summed E-state index contributed by atoms with van der Waals surface area (Å²) >= 11 is 0. The first-order valence-electron chi connectivity index (χ1n) is 7.33. The van der Waals surface area contributed by atoms with Crippen molar-refractivity contribution >= 4 is 41.5 Å². The van der Waals surface area contributed by atoms with Crippen molar-refractivity contribution in [1.29, 1.82) is 0 Å². The molecule has 4 rings (SSSR count). The van der Waals surface area contributed by atoms with E-state index in [1.165, 1.54) is 0 Å². The highest BCUT2D eigenvalue weighted by Crippen LogP contribution is 2.24. The molecule has 0 aliphatic carbocycles. The van der Waals surface area contributed by atoms with Crippen molar-refractivity contribution in [3.05, 3.63) is 72.9 Å². The Morgan fingerprint density at radius 1 is 0.920 bits per heavy atom. The van der Waals surface area contributed by atoms with Crippen LogP contribution in [0.1, 0.15) is 5.76 Å². The van der Waals surface area contributed by atoms with Gasteiger partial charge in [-0.25, -0.2) is 9.97 Å². The summed E-state index contributed by atoms with van der Waals surface area (Å²) in [6.07, 6.45) is 5.16. The molecule has 1 aromatic carbocycles. The summed E-state index contributed by atoms with van der Waals surface area (Å²) in [7, 11) is 0. The second kappa shape index (κ2) is 8.46. The number of hydrogen-bond donors (Lipinski definition) is 1. The van der Waals surface area contributed by atoms with E-state index in [9.17, 15) is 0 Å². The maximum atomic E-state index is 5.37. The molecule has 4 aromatic rings. The van der Waals surface area contributed by atoms with E-state index in [-0.39, 0.29) is 24.8 Å². The van der Waals surface area contributed by atoms with Crippen LogP contribution in [-0.4, -0.2) is 15.0 Å². The molecular formula is C18H16Cl2N4O. The van der Waals surface area contributed by atoms with Gasteiger partial charge in [-0.05, 0) is 36.4 Å². The Labute approximate surface area is 157 Å². The molecule has 0 saturated carbocycles. The first-order valence-corrected chi connectivity index (χ1v) is 7.33. The van der Waals surface area contributed by atoms with E-state index >= 15 is 0 Å². The van der Waals surface area contributed by atoms with Gasteiger partial charge >= 0.3 is 0 Å². The largest absolute Gasteiger partial charge is 0.467 e. The van der Waals surface area contributed by atoms with E-state index in [1.807, 2.05) is 48.5 Å². The van der Waals surface area contributed by atoms with Gasteiger partial charge < -0.3 is 9.73 Å². The van der Waals surface area contributed by atoms with Crippen LogP contribution in [0.4, 0.5) is 5.82 Å². The summed E-state index contributed by atoms with van der Waals surface area (Å²) in [5, 5.41) is 4.31. The van der Waals surface area contributed by atoms with Gasteiger partial charge in [0, 0.05) is 23.3 Å². The molecule has 128 valence electrons. The third kappa shape index (κ3) is 4.07. The van der Waals surface area contributed by atoms with Gasteiger partial charge in [0.05, 0.1) is 18.3 Å². The Balaban J connectivity index is 0.00000113. The van der Waals surface area contributed by atoms with Crippen molar-refractivity contribution in [2.24, 2.45) is 0 Å². The molecule has 0 radical (unpaired) electrons. The lowest BCUT2D eigenvalue weighted by atomic mass is 10.2. The number of benzene rings is 1. The van der Waals surface area contributed by atoms with E-state index in [0.29, 0.717) is 12.4 Å². The molecule has 3 aromatic heterocycles. The van der Waals surface area contributed by atoms with E-state index < -0.39 is 0 Å². The highest BCUT2D eigenvalue weighted by Gasteiger charge is 2.09. The molecule has 0 spiro atoms. The van der Waals surface area contributed by atoms with Crippen LogP contribution in [0.2, 0.25) is 0 Å². The van der Waals surface area contributed by atoms with Crippen LogP contribution < -0.4 is 5.32 Å². The first kappa shape index (κ1) is 18.7. The fraction of sp³-hybridized carbons (Fsp3) is 0.0556. The number of hydrogen-bond acceptors (Lipinski definition) is 5. The van der Waals surface area contributed by atoms with E-state index in [2.05, 4.69) is 20.3 Å². The first-order chi connectivity index (χ1) is 11.4. The number of para-hydroxylation sites is 1. The summed E-state index contributed by atoms with van der Waals surface area (Å²) < 4.78 is 5.37.